The molecule has 2 aromatic heterocycles. The largest absolute Gasteiger partial charge is 0.362 e. The first-order chi connectivity index (χ1) is 9.02. The molecule has 0 saturated heterocycles. The van der Waals surface area contributed by atoms with Crippen molar-refractivity contribution in [2.75, 3.05) is 11.6 Å². The minimum atomic E-state index is -3.31. The Morgan fingerprint density at radius 2 is 2.21 bits per heavy atom. The Kier molecular flexibility index (Phi) is 3.79. The van der Waals surface area contributed by atoms with Crippen LogP contribution in [-0.4, -0.2) is 34.4 Å². The molecular formula is C11H15N5O2S. The maximum atomic E-state index is 11.6. The molecular weight excluding hydrogens is 266 g/mol. The number of nitrogens with one attached hydrogen (secondary N) is 1. The highest BCUT2D eigenvalue weighted by Gasteiger charge is 2.14. The van der Waals surface area contributed by atoms with Crippen molar-refractivity contribution in [2.24, 2.45) is 0 Å². The molecule has 0 aliphatic heterocycles. The van der Waals surface area contributed by atoms with Crippen LogP contribution in [0, 0.1) is 0 Å². The van der Waals surface area contributed by atoms with Crippen LogP contribution >= 0.6 is 0 Å². The van der Waals surface area contributed by atoms with E-state index in [9.17, 15) is 8.42 Å². The van der Waals surface area contributed by atoms with Crippen molar-refractivity contribution in [2.45, 2.75) is 24.9 Å². The topological polar surface area (TPSA) is 89.8 Å². The third-order valence-electron chi connectivity index (χ3n) is 2.62. The summed E-state index contributed by atoms with van der Waals surface area (Å²) in [6, 6.07) is 3.12. The molecule has 0 saturated carbocycles. The molecule has 0 unspecified atom stereocenters. The van der Waals surface area contributed by atoms with Crippen LogP contribution in [0.4, 0.5) is 5.82 Å². The predicted molar refractivity (Wildman–Crippen MR) is 70.4 cm³/mol. The van der Waals surface area contributed by atoms with Gasteiger partial charge in [0.1, 0.15) is 17.0 Å². The summed E-state index contributed by atoms with van der Waals surface area (Å²) in [5.41, 5.74) is 0. The van der Waals surface area contributed by atoms with Gasteiger partial charge in [-0.3, -0.25) is 0 Å². The van der Waals surface area contributed by atoms with Crippen LogP contribution in [0.5, 0.6) is 0 Å². The quantitative estimate of drug-likeness (QED) is 0.868. The van der Waals surface area contributed by atoms with E-state index in [1.807, 2.05) is 11.5 Å². The van der Waals surface area contributed by atoms with Crippen molar-refractivity contribution >= 4 is 15.7 Å². The first-order valence-electron chi connectivity index (χ1n) is 5.78. The van der Waals surface area contributed by atoms with Gasteiger partial charge in [-0.2, -0.15) is 0 Å². The molecule has 1 N–H and O–H groups in total. The number of sulfone groups is 1. The highest BCUT2D eigenvalue weighted by Crippen LogP contribution is 2.18. The second-order valence-corrected chi connectivity index (χ2v) is 5.99. The van der Waals surface area contributed by atoms with Crippen LogP contribution < -0.4 is 5.32 Å². The SMILES string of the molecule is CCn1cnnc1CNc1ncccc1S(C)(=O)=O. The van der Waals surface area contributed by atoms with E-state index in [1.54, 1.807) is 18.6 Å². The van der Waals surface area contributed by atoms with E-state index in [0.717, 1.165) is 18.6 Å². The Hall–Kier alpha value is -1.96. The van der Waals surface area contributed by atoms with E-state index in [2.05, 4.69) is 20.5 Å². The molecule has 0 aliphatic rings. The fraction of sp³-hybridized carbons (Fsp3) is 0.364. The van der Waals surface area contributed by atoms with Crippen molar-refractivity contribution in [3.63, 3.8) is 0 Å². The van der Waals surface area contributed by atoms with Crippen LogP contribution in [0.2, 0.25) is 0 Å². The lowest BCUT2D eigenvalue weighted by atomic mass is 10.4. The number of aromatic nitrogens is 4. The third-order valence-corrected chi connectivity index (χ3v) is 3.75. The van der Waals surface area contributed by atoms with E-state index in [1.165, 1.54) is 6.07 Å². The molecule has 0 radical (unpaired) electrons. The lowest BCUT2D eigenvalue weighted by molar-refractivity contribution is 0.601. The molecule has 102 valence electrons. The molecule has 19 heavy (non-hydrogen) atoms. The number of anilines is 1. The van der Waals surface area contributed by atoms with Crippen LogP contribution in [0.1, 0.15) is 12.7 Å². The molecule has 2 rings (SSSR count). The van der Waals surface area contributed by atoms with Crippen LogP contribution in [-0.2, 0) is 22.9 Å². The standard InChI is InChI=1S/C11H15N5O2S/c1-3-16-8-14-15-10(16)7-13-11-9(19(2,17)18)5-4-6-12-11/h4-6,8H,3,7H2,1-2H3,(H,12,13). The van der Waals surface area contributed by atoms with Crippen molar-refractivity contribution in [3.8, 4) is 0 Å². The van der Waals surface area contributed by atoms with Gasteiger partial charge in [-0.1, -0.05) is 0 Å². The summed E-state index contributed by atoms with van der Waals surface area (Å²) in [7, 11) is -3.31. The van der Waals surface area contributed by atoms with Gasteiger partial charge in [-0.25, -0.2) is 13.4 Å². The maximum absolute atomic E-state index is 11.6. The molecule has 0 bridgehead atoms. The number of rotatable bonds is 5. The van der Waals surface area contributed by atoms with Crippen molar-refractivity contribution in [3.05, 3.63) is 30.5 Å². The summed E-state index contributed by atoms with van der Waals surface area (Å²) < 4.78 is 25.1. The minimum absolute atomic E-state index is 0.178. The molecule has 0 atom stereocenters. The van der Waals surface area contributed by atoms with E-state index < -0.39 is 9.84 Å². The number of pyridine rings is 1. The third kappa shape index (κ3) is 3.08. The zero-order chi connectivity index (χ0) is 13.9. The van der Waals surface area contributed by atoms with Crippen LogP contribution in [0.3, 0.4) is 0 Å². The predicted octanol–water partition coefficient (Wildman–Crippen LogP) is 0.709. The summed E-state index contributed by atoms with van der Waals surface area (Å²) in [6.07, 6.45) is 4.33. The van der Waals surface area contributed by atoms with Gasteiger partial charge in [-0.15, -0.1) is 10.2 Å². The lowest BCUT2D eigenvalue weighted by Crippen LogP contribution is -2.11. The molecule has 0 fully saturated rings. The van der Waals surface area contributed by atoms with E-state index in [4.69, 9.17) is 0 Å². The summed E-state index contributed by atoms with van der Waals surface area (Å²) >= 11 is 0. The molecule has 7 nitrogen and oxygen atoms in total. The molecule has 2 heterocycles. The Bertz CT molecular complexity index is 665. The molecule has 0 spiro atoms. The monoisotopic (exact) mass is 281 g/mol. The van der Waals surface area contributed by atoms with Gasteiger partial charge >= 0.3 is 0 Å². The van der Waals surface area contributed by atoms with Gasteiger partial charge in [0.15, 0.2) is 15.7 Å². The molecule has 0 amide bonds. The Balaban J connectivity index is 2.21. The molecule has 0 aliphatic carbocycles. The summed E-state index contributed by atoms with van der Waals surface area (Å²) in [5.74, 6) is 1.06. The van der Waals surface area contributed by atoms with Crippen molar-refractivity contribution in [1.29, 1.82) is 0 Å². The van der Waals surface area contributed by atoms with Gasteiger partial charge in [0, 0.05) is 19.0 Å². The zero-order valence-corrected chi connectivity index (χ0v) is 11.6. The average molecular weight is 281 g/mol. The highest BCUT2D eigenvalue weighted by atomic mass is 32.2. The fourth-order valence-electron chi connectivity index (χ4n) is 1.67. The van der Waals surface area contributed by atoms with Crippen LogP contribution in [0.15, 0.2) is 29.6 Å². The summed E-state index contributed by atoms with van der Waals surface area (Å²) in [4.78, 5) is 4.23. The summed E-state index contributed by atoms with van der Waals surface area (Å²) in [6.45, 7) is 3.11. The fourth-order valence-corrected chi connectivity index (χ4v) is 2.47. The maximum Gasteiger partial charge on any atom is 0.179 e. The second-order valence-electron chi connectivity index (χ2n) is 4.01. The zero-order valence-electron chi connectivity index (χ0n) is 10.7. The minimum Gasteiger partial charge on any atom is -0.362 e. The first-order valence-corrected chi connectivity index (χ1v) is 7.67. The van der Waals surface area contributed by atoms with Crippen molar-refractivity contribution < 1.29 is 8.42 Å². The Labute approximate surface area is 111 Å². The highest BCUT2D eigenvalue weighted by molar-refractivity contribution is 7.90. The van der Waals surface area contributed by atoms with Gasteiger partial charge in [0.25, 0.3) is 0 Å². The normalized spacial score (nSPS) is 11.5. The van der Waals surface area contributed by atoms with Gasteiger partial charge in [-0.05, 0) is 19.1 Å². The van der Waals surface area contributed by atoms with E-state index in [0.29, 0.717) is 12.4 Å². The number of nitrogens with zero attached hydrogens (tertiary/aromatic N) is 4. The summed E-state index contributed by atoms with van der Waals surface area (Å²) in [5, 5.41) is 10.8. The first kappa shape index (κ1) is 13.5. The number of aryl methyl sites for hydroxylation is 1. The van der Waals surface area contributed by atoms with E-state index in [-0.39, 0.29) is 4.90 Å². The Morgan fingerprint density at radius 3 is 2.89 bits per heavy atom. The molecule has 2 aromatic rings. The smallest absolute Gasteiger partial charge is 0.179 e. The lowest BCUT2D eigenvalue weighted by Gasteiger charge is -2.09. The van der Waals surface area contributed by atoms with E-state index >= 15 is 0 Å². The van der Waals surface area contributed by atoms with Crippen LogP contribution in [0.25, 0.3) is 0 Å². The van der Waals surface area contributed by atoms with Gasteiger partial charge < -0.3 is 9.88 Å². The number of hydrogen-bond acceptors (Lipinski definition) is 6. The van der Waals surface area contributed by atoms with Gasteiger partial charge in [0.05, 0.1) is 6.54 Å². The molecule has 8 heteroatoms. The van der Waals surface area contributed by atoms with Crippen molar-refractivity contribution in [1.82, 2.24) is 19.7 Å². The van der Waals surface area contributed by atoms with Gasteiger partial charge in [0.2, 0.25) is 0 Å². The average Bonchev–Trinajstić information content (AvgIpc) is 2.83. The molecule has 0 aromatic carbocycles. The number of hydrogen-bond donors (Lipinski definition) is 1. The Morgan fingerprint density at radius 1 is 1.42 bits per heavy atom. The second kappa shape index (κ2) is 5.35.